The van der Waals surface area contributed by atoms with E-state index in [1.165, 1.54) is 0 Å². The van der Waals surface area contributed by atoms with E-state index >= 15 is 0 Å². The summed E-state index contributed by atoms with van der Waals surface area (Å²) >= 11 is 0. The third-order valence-corrected chi connectivity index (χ3v) is 3.33. The number of carboxylic acid groups (broad SMARTS) is 1. The fourth-order valence-electron chi connectivity index (χ4n) is 2.18. The van der Waals surface area contributed by atoms with Gasteiger partial charge in [0.2, 0.25) is 0 Å². The van der Waals surface area contributed by atoms with Gasteiger partial charge in [0.25, 0.3) is 0 Å². The lowest BCUT2D eigenvalue weighted by Gasteiger charge is -2.13. The molecule has 1 heterocycles. The molecule has 0 bridgehead atoms. The number of pyridine rings is 1. The third-order valence-electron chi connectivity index (χ3n) is 3.33. The van der Waals surface area contributed by atoms with Crippen LogP contribution in [0.25, 0.3) is 10.9 Å². The van der Waals surface area contributed by atoms with Crippen molar-refractivity contribution in [3.63, 3.8) is 0 Å². The van der Waals surface area contributed by atoms with Crippen molar-refractivity contribution < 1.29 is 19.4 Å². The topological polar surface area (TPSA) is 68.7 Å². The second-order valence-corrected chi connectivity index (χ2v) is 4.65. The molecular formula is C15H17NO4. The zero-order valence-corrected chi connectivity index (χ0v) is 11.9. The fourth-order valence-corrected chi connectivity index (χ4v) is 2.18. The maximum Gasteiger partial charge on any atom is 0.312 e. The number of methoxy groups -OCH3 is 2. The van der Waals surface area contributed by atoms with Gasteiger partial charge in [0.1, 0.15) is 0 Å². The number of carboxylic acids is 1. The molecule has 1 aromatic heterocycles. The van der Waals surface area contributed by atoms with E-state index in [0.717, 1.165) is 10.9 Å². The second kappa shape index (κ2) is 5.36. The Morgan fingerprint density at radius 3 is 2.35 bits per heavy atom. The number of fused-ring (bicyclic) bond motifs is 1. The molecule has 0 aliphatic heterocycles. The molecule has 5 nitrogen and oxygen atoms in total. The molecule has 1 aromatic carbocycles. The average molecular weight is 275 g/mol. The van der Waals surface area contributed by atoms with E-state index in [9.17, 15) is 4.79 Å². The van der Waals surface area contributed by atoms with E-state index in [2.05, 4.69) is 4.98 Å². The average Bonchev–Trinajstić information content (AvgIpc) is 2.44. The van der Waals surface area contributed by atoms with E-state index in [0.29, 0.717) is 22.7 Å². The van der Waals surface area contributed by atoms with E-state index in [1.54, 1.807) is 27.2 Å². The van der Waals surface area contributed by atoms with E-state index in [4.69, 9.17) is 14.6 Å². The SMILES string of the molecule is COc1cc2cc(C)c(C(C)C(=O)O)nc2cc1OC. The second-order valence-electron chi connectivity index (χ2n) is 4.65. The molecule has 0 spiro atoms. The zero-order chi connectivity index (χ0) is 14.9. The summed E-state index contributed by atoms with van der Waals surface area (Å²) in [5.41, 5.74) is 2.10. The molecule has 20 heavy (non-hydrogen) atoms. The summed E-state index contributed by atoms with van der Waals surface area (Å²) in [5.74, 6) is -0.335. The molecule has 0 radical (unpaired) electrons. The maximum absolute atomic E-state index is 11.1. The van der Waals surface area contributed by atoms with Crippen molar-refractivity contribution in [2.24, 2.45) is 0 Å². The molecule has 1 atom stereocenters. The summed E-state index contributed by atoms with van der Waals surface area (Å²) in [6.07, 6.45) is 0. The number of carbonyl (C=O) groups is 1. The number of hydrogen-bond acceptors (Lipinski definition) is 4. The molecule has 0 saturated carbocycles. The summed E-state index contributed by atoms with van der Waals surface area (Å²) in [7, 11) is 3.13. The van der Waals surface area contributed by atoms with Gasteiger partial charge in [0.15, 0.2) is 11.5 Å². The molecule has 0 fully saturated rings. The Hall–Kier alpha value is -2.30. The van der Waals surface area contributed by atoms with E-state index in [1.807, 2.05) is 19.1 Å². The highest BCUT2D eigenvalue weighted by molar-refractivity contribution is 5.85. The maximum atomic E-state index is 11.1. The Morgan fingerprint density at radius 1 is 1.20 bits per heavy atom. The van der Waals surface area contributed by atoms with Crippen molar-refractivity contribution in [2.75, 3.05) is 14.2 Å². The Morgan fingerprint density at radius 2 is 1.80 bits per heavy atom. The van der Waals surface area contributed by atoms with Gasteiger partial charge in [-0.2, -0.15) is 0 Å². The van der Waals surface area contributed by atoms with Gasteiger partial charge < -0.3 is 14.6 Å². The van der Waals surface area contributed by atoms with Crippen LogP contribution in [0.2, 0.25) is 0 Å². The van der Waals surface area contributed by atoms with E-state index < -0.39 is 11.9 Å². The smallest absolute Gasteiger partial charge is 0.312 e. The molecule has 0 aliphatic rings. The van der Waals surface area contributed by atoms with Gasteiger partial charge in [-0.1, -0.05) is 0 Å². The largest absolute Gasteiger partial charge is 0.493 e. The lowest BCUT2D eigenvalue weighted by atomic mass is 10.0. The fraction of sp³-hybridized carbons (Fsp3) is 0.333. The lowest BCUT2D eigenvalue weighted by Crippen LogP contribution is -2.11. The van der Waals surface area contributed by atoms with Crippen LogP contribution in [-0.4, -0.2) is 30.3 Å². The van der Waals surface area contributed by atoms with Crippen LogP contribution in [0.4, 0.5) is 0 Å². The van der Waals surface area contributed by atoms with Gasteiger partial charge in [0.05, 0.1) is 31.3 Å². The number of nitrogens with zero attached hydrogens (tertiary/aromatic N) is 1. The molecule has 1 unspecified atom stereocenters. The number of hydrogen-bond donors (Lipinski definition) is 1. The van der Waals surface area contributed by atoms with Crippen molar-refractivity contribution in [3.05, 3.63) is 29.5 Å². The standard InChI is InChI=1S/C15H17NO4/c1-8-5-10-6-12(19-3)13(20-4)7-11(10)16-14(8)9(2)15(17)18/h5-7,9H,1-4H3,(H,17,18). The van der Waals surface area contributed by atoms with Crippen LogP contribution >= 0.6 is 0 Å². The third kappa shape index (κ3) is 2.39. The molecule has 0 aliphatic carbocycles. The van der Waals surface area contributed by atoms with Crippen LogP contribution < -0.4 is 9.47 Å². The molecule has 0 saturated heterocycles. The minimum absolute atomic E-state index is 0.567. The van der Waals surface area contributed by atoms with Gasteiger partial charge in [-0.25, -0.2) is 0 Å². The molecule has 2 aromatic rings. The van der Waals surface area contributed by atoms with Crippen molar-refractivity contribution in [2.45, 2.75) is 19.8 Å². The highest BCUT2D eigenvalue weighted by atomic mass is 16.5. The molecule has 106 valence electrons. The summed E-state index contributed by atoms with van der Waals surface area (Å²) < 4.78 is 10.5. The molecule has 5 heteroatoms. The predicted molar refractivity (Wildman–Crippen MR) is 75.6 cm³/mol. The molecular weight excluding hydrogens is 258 g/mol. The predicted octanol–water partition coefficient (Wildman–Crippen LogP) is 2.75. The molecule has 2 rings (SSSR count). The summed E-state index contributed by atoms with van der Waals surface area (Å²) in [4.78, 5) is 15.6. The molecule has 0 amide bonds. The van der Waals surface area contributed by atoms with Crippen LogP contribution in [0.3, 0.4) is 0 Å². The first-order chi connectivity index (χ1) is 9.47. The summed E-state index contributed by atoms with van der Waals surface area (Å²) in [6.45, 7) is 3.49. The Kier molecular flexibility index (Phi) is 3.79. The van der Waals surface area contributed by atoms with Gasteiger partial charge in [0, 0.05) is 11.5 Å². The number of aliphatic carboxylic acids is 1. The first kappa shape index (κ1) is 14.1. The minimum Gasteiger partial charge on any atom is -0.493 e. The van der Waals surface area contributed by atoms with Crippen molar-refractivity contribution in [3.8, 4) is 11.5 Å². The number of aromatic nitrogens is 1. The van der Waals surface area contributed by atoms with Crippen molar-refractivity contribution in [1.82, 2.24) is 4.98 Å². The van der Waals surface area contributed by atoms with Gasteiger partial charge in [-0.05, 0) is 31.5 Å². The van der Waals surface area contributed by atoms with Gasteiger partial charge in [-0.15, -0.1) is 0 Å². The zero-order valence-electron chi connectivity index (χ0n) is 11.9. The van der Waals surface area contributed by atoms with Crippen LogP contribution in [-0.2, 0) is 4.79 Å². The Balaban J connectivity index is 2.66. The first-order valence-electron chi connectivity index (χ1n) is 6.24. The highest BCUT2D eigenvalue weighted by Crippen LogP contribution is 2.33. The van der Waals surface area contributed by atoms with Crippen molar-refractivity contribution >= 4 is 16.9 Å². The summed E-state index contributed by atoms with van der Waals surface area (Å²) in [5, 5.41) is 10.0. The Bertz CT molecular complexity index is 666. The van der Waals surface area contributed by atoms with Gasteiger partial charge >= 0.3 is 5.97 Å². The lowest BCUT2D eigenvalue weighted by molar-refractivity contribution is -0.138. The summed E-state index contributed by atoms with van der Waals surface area (Å²) in [6, 6.07) is 5.51. The van der Waals surface area contributed by atoms with Crippen LogP contribution in [0, 0.1) is 6.92 Å². The number of rotatable bonds is 4. The molecule has 1 N–H and O–H groups in total. The minimum atomic E-state index is -0.888. The van der Waals surface area contributed by atoms with Crippen LogP contribution in [0.5, 0.6) is 11.5 Å². The number of aryl methyl sites for hydroxylation is 1. The van der Waals surface area contributed by atoms with Crippen LogP contribution in [0.15, 0.2) is 18.2 Å². The van der Waals surface area contributed by atoms with Crippen LogP contribution in [0.1, 0.15) is 24.1 Å². The van der Waals surface area contributed by atoms with E-state index in [-0.39, 0.29) is 0 Å². The monoisotopic (exact) mass is 275 g/mol. The first-order valence-corrected chi connectivity index (χ1v) is 6.24. The normalized spacial score (nSPS) is 12.2. The quantitative estimate of drug-likeness (QED) is 0.929. The Labute approximate surface area is 117 Å². The van der Waals surface area contributed by atoms with Gasteiger partial charge in [-0.3, -0.25) is 9.78 Å². The number of benzene rings is 1. The highest BCUT2D eigenvalue weighted by Gasteiger charge is 2.19. The van der Waals surface area contributed by atoms with Crippen molar-refractivity contribution in [1.29, 1.82) is 0 Å². The number of ether oxygens (including phenoxy) is 2.